The van der Waals surface area contributed by atoms with E-state index in [0.29, 0.717) is 12.0 Å². The fourth-order valence-electron chi connectivity index (χ4n) is 2.59. The molecule has 0 radical (unpaired) electrons. The van der Waals surface area contributed by atoms with Gasteiger partial charge in [0.2, 0.25) is 0 Å². The number of hydrogen-bond donors (Lipinski definition) is 2. The minimum absolute atomic E-state index is 0.339. The summed E-state index contributed by atoms with van der Waals surface area (Å²) >= 11 is 0. The third kappa shape index (κ3) is 3.07. The van der Waals surface area contributed by atoms with Gasteiger partial charge in [0, 0.05) is 6.04 Å². The highest BCUT2D eigenvalue weighted by Crippen LogP contribution is 2.34. The largest absolute Gasteiger partial charge is 0.480 e. The van der Waals surface area contributed by atoms with Crippen LogP contribution in [0.1, 0.15) is 37.7 Å². The minimum Gasteiger partial charge on any atom is -0.480 e. The maximum Gasteiger partial charge on any atom is 0.320 e. The third-order valence-corrected chi connectivity index (χ3v) is 3.56. The van der Waals surface area contributed by atoms with Crippen LogP contribution in [-0.2, 0) is 4.79 Å². The molecule has 3 nitrogen and oxygen atoms in total. The first-order chi connectivity index (χ1) is 8.16. The van der Waals surface area contributed by atoms with E-state index in [1.54, 1.807) is 6.92 Å². The van der Waals surface area contributed by atoms with Gasteiger partial charge >= 0.3 is 5.97 Å². The monoisotopic (exact) mass is 233 g/mol. The van der Waals surface area contributed by atoms with Gasteiger partial charge in [-0.1, -0.05) is 30.3 Å². The lowest BCUT2D eigenvalue weighted by molar-refractivity contribution is -0.139. The fourth-order valence-corrected chi connectivity index (χ4v) is 2.59. The average molecular weight is 233 g/mol. The van der Waals surface area contributed by atoms with Gasteiger partial charge < -0.3 is 10.4 Å². The van der Waals surface area contributed by atoms with Gasteiger partial charge in [0.1, 0.15) is 6.04 Å². The van der Waals surface area contributed by atoms with Crippen LogP contribution in [0.2, 0.25) is 0 Å². The van der Waals surface area contributed by atoms with E-state index in [2.05, 4.69) is 29.6 Å². The van der Waals surface area contributed by atoms with E-state index in [-0.39, 0.29) is 0 Å². The topological polar surface area (TPSA) is 49.3 Å². The van der Waals surface area contributed by atoms with Crippen LogP contribution in [-0.4, -0.2) is 23.2 Å². The number of benzene rings is 1. The number of rotatable bonds is 4. The molecule has 1 aliphatic carbocycles. The van der Waals surface area contributed by atoms with Crippen LogP contribution in [0, 0.1) is 0 Å². The Labute approximate surface area is 102 Å². The highest BCUT2D eigenvalue weighted by atomic mass is 16.4. The second-order valence-electron chi connectivity index (χ2n) is 4.84. The Balaban J connectivity index is 1.90. The third-order valence-electron chi connectivity index (χ3n) is 3.56. The molecule has 92 valence electrons. The van der Waals surface area contributed by atoms with Crippen molar-refractivity contribution in [1.82, 2.24) is 5.32 Å². The number of aliphatic carboxylic acids is 1. The Bertz CT molecular complexity index is 377. The molecule has 0 heterocycles. The molecule has 0 aliphatic heterocycles. The second-order valence-corrected chi connectivity index (χ2v) is 4.84. The smallest absolute Gasteiger partial charge is 0.320 e. The van der Waals surface area contributed by atoms with Gasteiger partial charge in [-0.05, 0) is 37.7 Å². The van der Waals surface area contributed by atoms with Gasteiger partial charge in [-0.2, -0.15) is 0 Å². The van der Waals surface area contributed by atoms with Crippen LogP contribution in [0.3, 0.4) is 0 Å². The van der Waals surface area contributed by atoms with Crippen molar-refractivity contribution < 1.29 is 9.90 Å². The number of carbonyl (C=O) groups is 1. The number of hydrogen-bond acceptors (Lipinski definition) is 2. The molecule has 3 atom stereocenters. The number of carboxylic acids is 1. The first kappa shape index (κ1) is 12.1. The molecule has 17 heavy (non-hydrogen) atoms. The summed E-state index contributed by atoms with van der Waals surface area (Å²) in [5.74, 6) is -0.192. The molecule has 0 spiro atoms. The maximum absolute atomic E-state index is 10.8. The Morgan fingerprint density at radius 2 is 2.06 bits per heavy atom. The van der Waals surface area contributed by atoms with Crippen molar-refractivity contribution in [1.29, 1.82) is 0 Å². The van der Waals surface area contributed by atoms with Crippen LogP contribution in [0.4, 0.5) is 0 Å². The van der Waals surface area contributed by atoms with Crippen LogP contribution in [0.15, 0.2) is 30.3 Å². The van der Waals surface area contributed by atoms with E-state index in [1.165, 1.54) is 5.56 Å². The van der Waals surface area contributed by atoms with Gasteiger partial charge in [0.25, 0.3) is 0 Å². The van der Waals surface area contributed by atoms with Crippen LogP contribution in [0.25, 0.3) is 0 Å². The van der Waals surface area contributed by atoms with E-state index in [9.17, 15) is 4.79 Å². The van der Waals surface area contributed by atoms with Gasteiger partial charge in [0.05, 0.1) is 0 Å². The Morgan fingerprint density at radius 3 is 2.71 bits per heavy atom. The van der Waals surface area contributed by atoms with Crippen LogP contribution in [0.5, 0.6) is 0 Å². The number of nitrogens with one attached hydrogen (secondary N) is 1. The maximum atomic E-state index is 10.8. The van der Waals surface area contributed by atoms with Gasteiger partial charge in [-0.25, -0.2) is 0 Å². The highest BCUT2D eigenvalue weighted by molar-refractivity contribution is 5.72. The molecule has 3 heteroatoms. The minimum atomic E-state index is -0.770. The van der Waals surface area contributed by atoms with E-state index < -0.39 is 12.0 Å². The Morgan fingerprint density at radius 1 is 1.35 bits per heavy atom. The molecule has 1 aliphatic rings. The van der Waals surface area contributed by atoms with Crippen molar-refractivity contribution in [3.8, 4) is 0 Å². The van der Waals surface area contributed by atoms with E-state index in [0.717, 1.165) is 19.3 Å². The van der Waals surface area contributed by atoms with Crippen LogP contribution < -0.4 is 5.32 Å². The predicted molar refractivity (Wildman–Crippen MR) is 67.1 cm³/mol. The zero-order valence-electron chi connectivity index (χ0n) is 10.1. The summed E-state index contributed by atoms with van der Waals surface area (Å²) in [5, 5.41) is 12.0. The van der Waals surface area contributed by atoms with Crippen molar-refractivity contribution in [3.63, 3.8) is 0 Å². The Kier molecular flexibility index (Phi) is 3.79. The lowest BCUT2D eigenvalue weighted by Gasteiger charge is -2.16. The Hall–Kier alpha value is -1.35. The normalized spacial score (nSPS) is 25.7. The summed E-state index contributed by atoms with van der Waals surface area (Å²) in [6.07, 6.45) is 3.26. The lowest BCUT2D eigenvalue weighted by Crippen LogP contribution is -2.40. The summed E-state index contributed by atoms with van der Waals surface area (Å²) in [6.45, 7) is 1.71. The first-order valence-corrected chi connectivity index (χ1v) is 6.20. The first-order valence-electron chi connectivity index (χ1n) is 6.20. The lowest BCUT2D eigenvalue weighted by atomic mass is 9.97. The van der Waals surface area contributed by atoms with Crippen LogP contribution >= 0.6 is 0 Å². The number of carboxylic acid groups (broad SMARTS) is 1. The van der Waals surface area contributed by atoms with Crippen molar-refractivity contribution in [2.24, 2.45) is 0 Å². The molecule has 1 aromatic rings. The zero-order valence-corrected chi connectivity index (χ0v) is 10.1. The summed E-state index contributed by atoms with van der Waals surface area (Å²) in [7, 11) is 0. The van der Waals surface area contributed by atoms with E-state index in [1.807, 2.05) is 6.07 Å². The molecule has 0 aromatic heterocycles. The van der Waals surface area contributed by atoms with Gasteiger partial charge in [-0.3, -0.25) is 4.79 Å². The van der Waals surface area contributed by atoms with E-state index in [4.69, 9.17) is 5.11 Å². The van der Waals surface area contributed by atoms with Crippen molar-refractivity contribution in [3.05, 3.63) is 35.9 Å². The van der Waals surface area contributed by atoms with E-state index >= 15 is 0 Å². The SMILES string of the molecule is C[C@H](NC1CCC(c2ccccc2)C1)C(=O)O. The standard InChI is InChI=1S/C14H19NO2/c1-10(14(16)17)15-13-8-7-12(9-13)11-5-3-2-4-6-11/h2-6,10,12-13,15H,7-9H2,1H3,(H,16,17)/t10-,12?,13?/m0/s1. The van der Waals surface area contributed by atoms with Gasteiger partial charge in [0.15, 0.2) is 0 Å². The molecular formula is C14H19NO2. The summed E-state index contributed by atoms with van der Waals surface area (Å²) in [4.78, 5) is 10.8. The van der Waals surface area contributed by atoms with Crippen molar-refractivity contribution in [2.75, 3.05) is 0 Å². The molecule has 0 amide bonds. The molecule has 0 saturated heterocycles. The molecular weight excluding hydrogens is 214 g/mol. The molecule has 1 aromatic carbocycles. The molecule has 1 saturated carbocycles. The summed E-state index contributed by atoms with van der Waals surface area (Å²) < 4.78 is 0. The quantitative estimate of drug-likeness (QED) is 0.839. The molecule has 2 unspecified atom stereocenters. The van der Waals surface area contributed by atoms with Gasteiger partial charge in [-0.15, -0.1) is 0 Å². The fraction of sp³-hybridized carbons (Fsp3) is 0.500. The summed E-state index contributed by atoms with van der Waals surface area (Å²) in [5.41, 5.74) is 1.37. The van der Waals surface area contributed by atoms with Crippen molar-refractivity contribution in [2.45, 2.75) is 44.2 Å². The second kappa shape index (κ2) is 5.32. The average Bonchev–Trinajstić information content (AvgIpc) is 2.78. The molecule has 1 fully saturated rings. The molecule has 0 bridgehead atoms. The van der Waals surface area contributed by atoms with Crippen molar-refractivity contribution >= 4 is 5.97 Å². The highest BCUT2D eigenvalue weighted by Gasteiger charge is 2.27. The summed E-state index contributed by atoms with van der Waals surface area (Å²) in [6, 6.07) is 10.4. The molecule has 2 N–H and O–H groups in total. The predicted octanol–water partition coefficient (Wildman–Crippen LogP) is 2.39. The molecule has 2 rings (SSSR count). The zero-order chi connectivity index (χ0) is 12.3.